The van der Waals surface area contributed by atoms with Gasteiger partial charge in [-0.1, -0.05) is 24.6 Å². The van der Waals surface area contributed by atoms with E-state index in [1.807, 2.05) is 6.92 Å². The normalized spacial score (nSPS) is 10.3. The van der Waals surface area contributed by atoms with Crippen molar-refractivity contribution in [1.29, 1.82) is 0 Å². The van der Waals surface area contributed by atoms with Gasteiger partial charge >= 0.3 is 5.97 Å². The van der Waals surface area contributed by atoms with E-state index in [1.165, 1.54) is 24.3 Å². The standard InChI is InChI=1S/C14H12ClFN2O2/c1-2-9-6-8(14(19)20)7-12(17-9)18-11-5-3-4-10(15)13(11)16/h3-7H,2H2,1H3,(H,17,18)(H,19,20). The SMILES string of the molecule is CCc1cc(C(=O)O)cc(Nc2cccc(Cl)c2F)n1. The molecule has 104 valence electrons. The minimum absolute atomic E-state index is 0.0138. The van der Waals surface area contributed by atoms with Crippen LogP contribution >= 0.6 is 11.6 Å². The monoisotopic (exact) mass is 294 g/mol. The fourth-order valence-corrected chi connectivity index (χ4v) is 1.87. The van der Waals surface area contributed by atoms with Crippen LogP contribution in [0.5, 0.6) is 0 Å². The molecule has 0 bridgehead atoms. The summed E-state index contributed by atoms with van der Waals surface area (Å²) in [5.74, 6) is -1.39. The molecule has 0 saturated carbocycles. The topological polar surface area (TPSA) is 62.2 Å². The first-order valence-corrected chi connectivity index (χ1v) is 6.34. The average molecular weight is 295 g/mol. The van der Waals surface area contributed by atoms with E-state index < -0.39 is 11.8 Å². The minimum atomic E-state index is -1.06. The van der Waals surface area contributed by atoms with Crippen molar-refractivity contribution in [2.24, 2.45) is 0 Å². The molecule has 2 rings (SSSR count). The minimum Gasteiger partial charge on any atom is -0.478 e. The predicted octanol–water partition coefficient (Wildman–Crippen LogP) is 3.88. The number of carbonyl (C=O) groups is 1. The van der Waals surface area contributed by atoms with Crippen molar-refractivity contribution in [3.8, 4) is 0 Å². The number of nitrogens with zero attached hydrogens (tertiary/aromatic N) is 1. The van der Waals surface area contributed by atoms with E-state index >= 15 is 0 Å². The Bertz CT molecular complexity index is 662. The maximum absolute atomic E-state index is 13.8. The summed E-state index contributed by atoms with van der Waals surface area (Å²) in [4.78, 5) is 15.3. The van der Waals surface area contributed by atoms with Gasteiger partial charge in [0.15, 0.2) is 5.82 Å². The largest absolute Gasteiger partial charge is 0.478 e. The predicted molar refractivity (Wildman–Crippen MR) is 75.3 cm³/mol. The van der Waals surface area contributed by atoms with Crippen molar-refractivity contribution < 1.29 is 14.3 Å². The zero-order valence-electron chi connectivity index (χ0n) is 10.7. The second kappa shape index (κ2) is 5.88. The third kappa shape index (κ3) is 3.05. The van der Waals surface area contributed by atoms with Crippen LogP contribution in [0.25, 0.3) is 0 Å². The van der Waals surface area contributed by atoms with Gasteiger partial charge in [-0.3, -0.25) is 0 Å². The zero-order valence-corrected chi connectivity index (χ0v) is 11.4. The Morgan fingerprint density at radius 1 is 1.45 bits per heavy atom. The first kappa shape index (κ1) is 14.3. The number of halogens is 2. The number of nitrogens with one attached hydrogen (secondary N) is 1. The van der Waals surface area contributed by atoms with Gasteiger partial charge in [0.1, 0.15) is 5.82 Å². The molecule has 0 atom stereocenters. The van der Waals surface area contributed by atoms with Crippen LogP contribution in [0.1, 0.15) is 23.0 Å². The van der Waals surface area contributed by atoms with Crippen LogP contribution in [0.4, 0.5) is 15.9 Å². The summed E-state index contributed by atoms with van der Waals surface area (Å²) in [5.41, 5.74) is 0.853. The number of pyridine rings is 1. The number of carboxylic acids is 1. The van der Waals surface area contributed by atoms with Gasteiger partial charge in [-0.05, 0) is 30.7 Å². The van der Waals surface area contributed by atoms with Gasteiger partial charge in [-0.15, -0.1) is 0 Å². The Balaban J connectivity index is 2.40. The van der Waals surface area contributed by atoms with Gasteiger partial charge < -0.3 is 10.4 Å². The van der Waals surface area contributed by atoms with Crippen LogP contribution < -0.4 is 5.32 Å². The van der Waals surface area contributed by atoms with Crippen LogP contribution in [-0.4, -0.2) is 16.1 Å². The molecule has 0 fully saturated rings. The number of anilines is 2. The number of rotatable bonds is 4. The smallest absolute Gasteiger partial charge is 0.335 e. The van der Waals surface area contributed by atoms with Crippen LogP contribution in [0, 0.1) is 5.82 Å². The molecule has 0 radical (unpaired) electrons. The average Bonchev–Trinajstić information content (AvgIpc) is 2.43. The van der Waals surface area contributed by atoms with Crippen LogP contribution in [0.3, 0.4) is 0 Å². The quantitative estimate of drug-likeness (QED) is 0.898. The van der Waals surface area contributed by atoms with E-state index in [-0.39, 0.29) is 22.1 Å². The van der Waals surface area contributed by atoms with Crippen molar-refractivity contribution in [3.05, 3.63) is 52.4 Å². The molecule has 0 amide bonds. The lowest BCUT2D eigenvalue weighted by molar-refractivity contribution is 0.0696. The molecular weight excluding hydrogens is 283 g/mol. The molecular formula is C14H12ClFN2O2. The number of benzene rings is 1. The Morgan fingerprint density at radius 2 is 2.20 bits per heavy atom. The Labute approximate surface area is 120 Å². The lowest BCUT2D eigenvalue weighted by Gasteiger charge is -2.10. The Morgan fingerprint density at radius 3 is 2.85 bits per heavy atom. The Hall–Kier alpha value is -2.14. The molecule has 0 saturated heterocycles. The summed E-state index contributed by atoms with van der Waals surface area (Å²) in [6, 6.07) is 7.36. The van der Waals surface area contributed by atoms with E-state index in [2.05, 4.69) is 10.3 Å². The number of carboxylic acid groups (broad SMARTS) is 1. The highest BCUT2D eigenvalue weighted by molar-refractivity contribution is 6.31. The number of aromatic carboxylic acids is 1. The number of hydrogen-bond donors (Lipinski definition) is 2. The molecule has 1 aromatic heterocycles. The summed E-state index contributed by atoms with van der Waals surface area (Å²) >= 11 is 5.69. The van der Waals surface area contributed by atoms with E-state index in [1.54, 1.807) is 6.07 Å². The highest BCUT2D eigenvalue weighted by Gasteiger charge is 2.11. The van der Waals surface area contributed by atoms with E-state index in [4.69, 9.17) is 16.7 Å². The molecule has 4 nitrogen and oxygen atoms in total. The molecule has 1 aromatic carbocycles. The van der Waals surface area contributed by atoms with Gasteiger partial charge in [0.25, 0.3) is 0 Å². The third-order valence-corrected chi connectivity index (χ3v) is 2.99. The maximum atomic E-state index is 13.8. The molecule has 0 aliphatic rings. The van der Waals surface area contributed by atoms with E-state index in [0.717, 1.165) is 0 Å². The summed E-state index contributed by atoms with van der Waals surface area (Å²) in [6.07, 6.45) is 0.577. The van der Waals surface area contributed by atoms with Crippen molar-refractivity contribution in [2.75, 3.05) is 5.32 Å². The lowest BCUT2D eigenvalue weighted by atomic mass is 10.2. The van der Waals surface area contributed by atoms with Crippen molar-refractivity contribution >= 4 is 29.1 Å². The van der Waals surface area contributed by atoms with Gasteiger partial charge in [-0.2, -0.15) is 0 Å². The highest BCUT2D eigenvalue weighted by Crippen LogP contribution is 2.25. The second-order valence-electron chi connectivity index (χ2n) is 4.12. The van der Waals surface area contributed by atoms with Crippen LogP contribution in [-0.2, 0) is 6.42 Å². The molecule has 2 aromatic rings. The molecule has 0 aliphatic heterocycles. The van der Waals surface area contributed by atoms with Crippen molar-refractivity contribution in [3.63, 3.8) is 0 Å². The van der Waals surface area contributed by atoms with Crippen LogP contribution in [0.2, 0.25) is 5.02 Å². The molecule has 0 unspecified atom stereocenters. The second-order valence-corrected chi connectivity index (χ2v) is 4.52. The van der Waals surface area contributed by atoms with Crippen LogP contribution in [0.15, 0.2) is 30.3 Å². The summed E-state index contributed by atoms with van der Waals surface area (Å²) in [5, 5.41) is 11.8. The van der Waals surface area contributed by atoms with E-state index in [0.29, 0.717) is 12.1 Å². The fourth-order valence-electron chi connectivity index (χ4n) is 1.69. The highest BCUT2D eigenvalue weighted by atomic mass is 35.5. The molecule has 20 heavy (non-hydrogen) atoms. The fraction of sp³-hybridized carbons (Fsp3) is 0.143. The first-order valence-electron chi connectivity index (χ1n) is 5.96. The summed E-state index contributed by atoms with van der Waals surface area (Å²) in [6.45, 7) is 1.86. The third-order valence-electron chi connectivity index (χ3n) is 2.70. The molecule has 0 aliphatic carbocycles. The van der Waals surface area contributed by atoms with Gasteiger partial charge in [0.2, 0.25) is 0 Å². The number of aryl methyl sites for hydroxylation is 1. The van der Waals surface area contributed by atoms with Gasteiger partial charge in [0, 0.05) is 5.69 Å². The molecule has 2 N–H and O–H groups in total. The summed E-state index contributed by atoms with van der Waals surface area (Å²) < 4.78 is 13.8. The number of hydrogen-bond acceptors (Lipinski definition) is 3. The molecule has 1 heterocycles. The van der Waals surface area contributed by atoms with Crippen molar-refractivity contribution in [1.82, 2.24) is 4.98 Å². The van der Waals surface area contributed by atoms with Gasteiger partial charge in [-0.25, -0.2) is 14.2 Å². The Kier molecular flexibility index (Phi) is 4.20. The van der Waals surface area contributed by atoms with E-state index in [9.17, 15) is 9.18 Å². The zero-order chi connectivity index (χ0) is 14.7. The maximum Gasteiger partial charge on any atom is 0.335 e. The summed E-state index contributed by atoms with van der Waals surface area (Å²) in [7, 11) is 0. The molecule has 6 heteroatoms. The van der Waals surface area contributed by atoms with Crippen molar-refractivity contribution in [2.45, 2.75) is 13.3 Å². The molecule has 0 spiro atoms. The first-order chi connectivity index (χ1) is 9.51. The lowest BCUT2D eigenvalue weighted by Crippen LogP contribution is -2.04. The number of aromatic nitrogens is 1. The van der Waals surface area contributed by atoms with Gasteiger partial charge in [0.05, 0.1) is 16.3 Å².